The predicted octanol–water partition coefficient (Wildman–Crippen LogP) is 2.08. The molecule has 0 spiro atoms. The summed E-state index contributed by atoms with van der Waals surface area (Å²) in [7, 11) is 0. The maximum atomic E-state index is 3.25. The smallest absolute Gasteiger partial charge is 0.346 e. The normalized spacial score (nSPS) is 6.00. The van der Waals surface area contributed by atoms with Crippen molar-refractivity contribution in [3.8, 4) is 0 Å². The minimum absolute atomic E-state index is 0. The second-order valence-electron chi connectivity index (χ2n) is 1.50. The van der Waals surface area contributed by atoms with Gasteiger partial charge in [-0.3, -0.25) is 0 Å². The van der Waals surface area contributed by atoms with Crippen molar-refractivity contribution in [1.29, 1.82) is 0 Å². The summed E-state index contributed by atoms with van der Waals surface area (Å²) in [5.41, 5.74) is 0. The summed E-state index contributed by atoms with van der Waals surface area (Å²) < 4.78 is 0. The summed E-state index contributed by atoms with van der Waals surface area (Å²) in [6.07, 6.45) is 0. The molecular formula is C6H14Mg. The molecule has 0 atom stereocenters. The predicted molar refractivity (Wildman–Crippen MR) is 37.0 cm³/mol. The number of hydrogen-bond donors (Lipinski definition) is 0. The van der Waals surface area contributed by atoms with E-state index in [2.05, 4.69) is 27.7 Å². The van der Waals surface area contributed by atoms with Gasteiger partial charge in [0.2, 0.25) is 0 Å². The van der Waals surface area contributed by atoms with Crippen molar-refractivity contribution < 1.29 is 0 Å². The van der Waals surface area contributed by atoms with Gasteiger partial charge in [-0.2, -0.15) is 27.7 Å². The zero-order valence-corrected chi connectivity index (χ0v) is 7.33. The quantitative estimate of drug-likeness (QED) is 0.331. The van der Waals surface area contributed by atoms with Crippen LogP contribution in [0.3, 0.4) is 0 Å². The van der Waals surface area contributed by atoms with Gasteiger partial charge in [0.15, 0.2) is 0 Å². The molecule has 40 valence electrons. The van der Waals surface area contributed by atoms with Crippen molar-refractivity contribution in [3.63, 3.8) is 0 Å². The molecule has 7 heavy (non-hydrogen) atoms. The number of hydrogen-bond acceptors (Lipinski definition) is 0. The molecular weight excluding hydrogens is 96.4 g/mol. The molecule has 0 saturated heterocycles. The molecule has 0 fully saturated rings. The minimum Gasteiger partial charge on any atom is -0.346 e. The Hall–Kier alpha value is 0.766. The maximum absolute atomic E-state index is 3.25. The van der Waals surface area contributed by atoms with Crippen LogP contribution < -0.4 is 0 Å². The zero-order chi connectivity index (χ0) is 5.58. The fourth-order valence-electron chi connectivity index (χ4n) is 0. The van der Waals surface area contributed by atoms with Gasteiger partial charge in [-0.15, -0.1) is 0 Å². The molecule has 0 heterocycles. The van der Waals surface area contributed by atoms with E-state index >= 15 is 0 Å². The molecule has 0 bridgehead atoms. The first-order chi connectivity index (χ1) is 2.73. The topological polar surface area (TPSA) is 0 Å². The molecule has 0 radical (unpaired) electrons. The molecule has 0 amide bonds. The van der Waals surface area contributed by atoms with E-state index in [1.807, 2.05) is 0 Å². The first-order valence-electron chi connectivity index (χ1n) is 2.21. The van der Waals surface area contributed by atoms with E-state index < -0.39 is 0 Å². The van der Waals surface area contributed by atoms with Gasteiger partial charge >= 0.3 is 23.1 Å². The standard InChI is InChI=1S/C4H9.C2H5.Mg/c1-4(2)3;1-2;/h1-3H3;1H2,2H3;/q2*-1;+2. The molecule has 0 aromatic heterocycles. The van der Waals surface area contributed by atoms with E-state index in [0.29, 0.717) is 0 Å². The van der Waals surface area contributed by atoms with E-state index in [9.17, 15) is 0 Å². The van der Waals surface area contributed by atoms with Crippen LogP contribution in [-0.2, 0) is 0 Å². The monoisotopic (exact) mass is 110 g/mol. The summed E-state index contributed by atoms with van der Waals surface area (Å²) in [4.78, 5) is 0. The van der Waals surface area contributed by atoms with Crippen molar-refractivity contribution in [3.05, 3.63) is 12.8 Å². The van der Waals surface area contributed by atoms with E-state index in [0.717, 1.165) is 0 Å². The van der Waals surface area contributed by atoms with Crippen molar-refractivity contribution in [2.75, 3.05) is 0 Å². The van der Waals surface area contributed by atoms with Crippen molar-refractivity contribution in [2.45, 2.75) is 27.7 Å². The first kappa shape index (κ1) is 15.7. The van der Waals surface area contributed by atoms with Crippen LogP contribution in [0.15, 0.2) is 0 Å². The van der Waals surface area contributed by atoms with E-state index in [-0.39, 0.29) is 23.1 Å². The summed E-state index contributed by atoms with van der Waals surface area (Å²) in [5.74, 6) is 1.42. The fraction of sp³-hybridized carbons (Fsp3) is 0.667. The Kier molecular flexibility index (Phi) is 35.5. The Morgan fingerprint density at radius 2 is 1.00 bits per heavy atom. The van der Waals surface area contributed by atoms with Gasteiger partial charge in [-0.1, -0.05) is 0 Å². The van der Waals surface area contributed by atoms with Gasteiger partial charge in [0.25, 0.3) is 0 Å². The Labute approximate surface area is 63.8 Å². The molecule has 0 aromatic carbocycles. The zero-order valence-electron chi connectivity index (χ0n) is 5.91. The van der Waals surface area contributed by atoms with Gasteiger partial charge in [-0.05, 0) is 0 Å². The molecule has 0 aliphatic carbocycles. The Morgan fingerprint density at radius 1 is 1.00 bits per heavy atom. The average Bonchev–Trinajstić information content (AvgIpc) is 1.41. The molecule has 0 N–H and O–H groups in total. The minimum atomic E-state index is 0. The maximum Gasteiger partial charge on any atom is 2.00 e. The van der Waals surface area contributed by atoms with Gasteiger partial charge in [0, 0.05) is 0 Å². The molecule has 0 aromatic rings. The van der Waals surface area contributed by atoms with Gasteiger partial charge in [0.05, 0.1) is 0 Å². The first-order valence-corrected chi connectivity index (χ1v) is 2.21. The molecule has 0 nitrogen and oxygen atoms in total. The van der Waals surface area contributed by atoms with Crippen molar-refractivity contribution in [1.82, 2.24) is 0 Å². The fourth-order valence-corrected chi connectivity index (χ4v) is 0. The van der Waals surface area contributed by atoms with Crippen LogP contribution in [-0.4, -0.2) is 23.1 Å². The molecule has 0 aliphatic heterocycles. The van der Waals surface area contributed by atoms with Crippen LogP contribution in [0.25, 0.3) is 0 Å². The summed E-state index contributed by atoms with van der Waals surface area (Å²) in [5, 5.41) is 0. The largest absolute Gasteiger partial charge is 2.00 e. The molecule has 0 saturated carbocycles. The molecule has 0 unspecified atom stereocenters. The van der Waals surface area contributed by atoms with Crippen LogP contribution in [0.1, 0.15) is 27.7 Å². The summed E-state index contributed by atoms with van der Waals surface area (Å²) >= 11 is 0. The van der Waals surface area contributed by atoms with Gasteiger partial charge < -0.3 is 12.8 Å². The third-order valence-electron chi connectivity index (χ3n) is 0. The van der Waals surface area contributed by atoms with Gasteiger partial charge in [0.1, 0.15) is 0 Å². The SMILES string of the molecule is C[C-](C)C.[CH2-]C.[Mg+2]. The van der Waals surface area contributed by atoms with Crippen LogP contribution in [0, 0.1) is 12.8 Å². The third kappa shape index (κ3) is 262. The molecule has 0 aliphatic rings. The summed E-state index contributed by atoms with van der Waals surface area (Å²) in [6, 6.07) is 0. The van der Waals surface area contributed by atoms with Crippen LogP contribution in [0.2, 0.25) is 0 Å². The van der Waals surface area contributed by atoms with E-state index in [1.54, 1.807) is 6.92 Å². The Bertz CT molecular complexity index is 8.90. The van der Waals surface area contributed by atoms with Crippen molar-refractivity contribution in [2.24, 2.45) is 0 Å². The Morgan fingerprint density at radius 3 is 1.00 bits per heavy atom. The second-order valence-corrected chi connectivity index (χ2v) is 1.50. The van der Waals surface area contributed by atoms with Crippen LogP contribution in [0.4, 0.5) is 0 Å². The van der Waals surface area contributed by atoms with E-state index in [4.69, 9.17) is 0 Å². The molecule has 1 heteroatoms. The average molecular weight is 110 g/mol. The second kappa shape index (κ2) is 15.9. The third-order valence-corrected chi connectivity index (χ3v) is 0. The summed E-state index contributed by atoms with van der Waals surface area (Å²) in [6.45, 7) is 11.2. The number of rotatable bonds is 0. The van der Waals surface area contributed by atoms with Gasteiger partial charge in [-0.25, -0.2) is 0 Å². The van der Waals surface area contributed by atoms with Crippen LogP contribution >= 0.6 is 0 Å². The van der Waals surface area contributed by atoms with Crippen LogP contribution in [0.5, 0.6) is 0 Å². The molecule has 0 rings (SSSR count). The van der Waals surface area contributed by atoms with Crippen molar-refractivity contribution >= 4 is 23.1 Å². The van der Waals surface area contributed by atoms with E-state index in [1.165, 1.54) is 5.92 Å². The Balaban J connectivity index is -0.0000000480.